The molecule has 5 rings (SSSR count). The predicted octanol–water partition coefficient (Wildman–Crippen LogP) is 3.79. The van der Waals surface area contributed by atoms with Crippen molar-refractivity contribution >= 4 is 34.1 Å². The minimum atomic E-state index is -0.974. The molecule has 29 heavy (non-hydrogen) atoms. The molecule has 2 aliphatic rings. The van der Waals surface area contributed by atoms with Crippen LogP contribution >= 0.6 is 0 Å². The van der Waals surface area contributed by atoms with Gasteiger partial charge in [0.25, 0.3) is 0 Å². The Morgan fingerprint density at radius 3 is 2.72 bits per heavy atom. The van der Waals surface area contributed by atoms with Gasteiger partial charge in [0.1, 0.15) is 17.2 Å². The third-order valence-corrected chi connectivity index (χ3v) is 5.54. The van der Waals surface area contributed by atoms with Crippen LogP contribution in [0.15, 0.2) is 42.7 Å². The van der Waals surface area contributed by atoms with Gasteiger partial charge in [0.2, 0.25) is 0 Å². The van der Waals surface area contributed by atoms with Gasteiger partial charge in [-0.1, -0.05) is 12.1 Å². The van der Waals surface area contributed by atoms with Crippen LogP contribution in [0.5, 0.6) is 0 Å². The highest BCUT2D eigenvalue weighted by molar-refractivity contribution is 6.02. The highest BCUT2D eigenvalue weighted by Crippen LogP contribution is 2.41. The maximum Gasteiger partial charge on any atom is 0.339 e. The van der Waals surface area contributed by atoms with Gasteiger partial charge in [0, 0.05) is 41.9 Å². The molecule has 7 heteroatoms. The third-order valence-electron chi connectivity index (χ3n) is 5.54. The summed E-state index contributed by atoms with van der Waals surface area (Å²) in [5, 5.41) is 14.9. The topological polar surface area (TPSA) is 87.6 Å². The molecule has 7 nitrogen and oxygen atoms in total. The number of carbonyl (C=O) groups is 1. The normalized spacial score (nSPS) is 16.8. The fourth-order valence-electron chi connectivity index (χ4n) is 3.84. The van der Waals surface area contributed by atoms with Gasteiger partial charge in [-0.2, -0.15) is 0 Å². The zero-order valence-electron chi connectivity index (χ0n) is 16.0. The van der Waals surface area contributed by atoms with Gasteiger partial charge < -0.3 is 20.1 Å². The lowest BCUT2D eigenvalue weighted by atomic mass is 10.1. The Morgan fingerprint density at radius 1 is 1.14 bits per heavy atom. The third kappa shape index (κ3) is 3.49. The Balaban J connectivity index is 1.53. The molecule has 148 valence electrons. The Labute approximate surface area is 168 Å². The number of carboxylic acids is 1. The second-order valence-corrected chi connectivity index (χ2v) is 7.50. The van der Waals surface area contributed by atoms with Crippen molar-refractivity contribution in [2.24, 2.45) is 0 Å². The second kappa shape index (κ2) is 7.33. The number of hydrogen-bond donors (Lipinski definition) is 2. The molecule has 3 aromatic rings. The van der Waals surface area contributed by atoms with E-state index in [1.165, 1.54) is 0 Å². The number of rotatable bonds is 5. The molecule has 1 aliphatic carbocycles. The molecule has 1 aromatic carbocycles. The van der Waals surface area contributed by atoms with Crippen LogP contribution in [0.3, 0.4) is 0 Å². The fourth-order valence-corrected chi connectivity index (χ4v) is 3.84. The summed E-state index contributed by atoms with van der Waals surface area (Å²) in [5.74, 6) is 0.761. The van der Waals surface area contributed by atoms with E-state index in [4.69, 9.17) is 4.74 Å². The number of hydrogen-bond acceptors (Lipinski definition) is 6. The Kier molecular flexibility index (Phi) is 4.52. The number of ether oxygens (including phenoxy) is 1. The van der Waals surface area contributed by atoms with E-state index in [9.17, 15) is 9.90 Å². The second-order valence-electron chi connectivity index (χ2n) is 7.50. The molecule has 0 bridgehead atoms. The zero-order chi connectivity index (χ0) is 19.8. The van der Waals surface area contributed by atoms with E-state index in [0.29, 0.717) is 24.9 Å². The summed E-state index contributed by atoms with van der Waals surface area (Å²) in [6.07, 6.45) is 5.79. The van der Waals surface area contributed by atoms with E-state index in [1.54, 1.807) is 18.5 Å². The molecular formula is C22H22N4O3. The standard InChI is InChI=1S/C22H22N4O3/c27-22(28)18-12-15(14-4-5-14)13-24-20(18)25-19-3-1-2-17-16(19)6-7-23-21(17)26-8-10-29-11-9-26/h1-3,6-7,12-14H,4-5,8-11H2,(H,24,25)(H,27,28). The summed E-state index contributed by atoms with van der Waals surface area (Å²) in [4.78, 5) is 23.1. The lowest BCUT2D eigenvalue weighted by Crippen LogP contribution is -2.36. The first-order valence-electron chi connectivity index (χ1n) is 9.91. The number of nitrogens with one attached hydrogen (secondary N) is 1. The smallest absolute Gasteiger partial charge is 0.339 e. The van der Waals surface area contributed by atoms with Crippen molar-refractivity contribution in [2.75, 3.05) is 36.5 Å². The van der Waals surface area contributed by atoms with Crippen molar-refractivity contribution in [2.45, 2.75) is 18.8 Å². The first-order chi connectivity index (χ1) is 14.2. The minimum Gasteiger partial charge on any atom is -0.478 e. The van der Waals surface area contributed by atoms with Gasteiger partial charge in [-0.15, -0.1) is 0 Å². The molecule has 1 aliphatic heterocycles. The molecule has 0 amide bonds. The molecule has 1 saturated carbocycles. The monoisotopic (exact) mass is 390 g/mol. The van der Waals surface area contributed by atoms with Gasteiger partial charge in [-0.3, -0.25) is 0 Å². The Bertz CT molecular complexity index is 1070. The number of aromatic carboxylic acids is 1. The summed E-state index contributed by atoms with van der Waals surface area (Å²) in [6, 6.07) is 9.63. The van der Waals surface area contributed by atoms with Crippen LogP contribution in [-0.4, -0.2) is 47.3 Å². The van der Waals surface area contributed by atoms with E-state index in [-0.39, 0.29) is 5.56 Å². The predicted molar refractivity (Wildman–Crippen MR) is 111 cm³/mol. The molecule has 2 fully saturated rings. The van der Waals surface area contributed by atoms with Crippen molar-refractivity contribution in [3.05, 3.63) is 53.9 Å². The molecular weight excluding hydrogens is 368 g/mol. The van der Waals surface area contributed by atoms with Crippen molar-refractivity contribution in [3.63, 3.8) is 0 Å². The fraction of sp³-hybridized carbons (Fsp3) is 0.318. The van der Waals surface area contributed by atoms with Crippen LogP contribution in [0.4, 0.5) is 17.3 Å². The average Bonchev–Trinajstić information content (AvgIpc) is 3.60. The van der Waals surface area contributed by atoms with Crippen molar-refractivity contribution in [3.8, 4) is 0 Å². The van der Waals surface area contributed by atoms with Gasteiger partial charge in [-0.25, -0.2) is 14.8 Å². The SMILES string of the molecule is O=C(O)c1cc(C2CC2)cnc1Nc1cccc2c(N3CCOCC3)nccc12. The van der Waals surface area contributed by atoms with Crippen LogP contribution in [0, 0.1) is 0 Å². The highest BCUT2D eigenvalue weighted by atomic mass is 16.5. The zero-order valence-corrected chi connectivity index (χ0v) is 16.0. The number of aromatic nitrogens is 2. The molecule has 2 aromatic heterocycles. The molecule has 0 radical (unpaired) electrons. The maximum atomic E-state index is 11.8. The van der Waals surface area contributed by atoms with E-state index in [0.717, 1.165) is 53.8 Å². The summed E-state index contributed by atoms with van der Waals surface area (Å²) < 4.78 is 5.46. The quantitative estimate of drug-likeness (QED) is 0.685. The molecule has 3 heterocycles. The van der Waals surface area contributed by atoms with Gasteiger partial charge in [-0.05, 0) is 42.5 Å². The molecule has 0 atom stereocenters. The van der Waals surface area contributed by atoms with Crippen LogP contribution < -0.4 is 10.2 Å². The molecule has 1 saturated heterocycles. The van der Waals surface area contributed by atoms with E-state index in [2.05, 4.69) is 20.2 Å². The van der Waals surface area contributed by atoms with Gasteiger partial charge >= 0.3 is 5.97 Å². The first-order valence-corrected chi connectivity index (χ1v) is 9.91. The van der Waals surface area contributed by atoms with E-state index < -0.39 is 5.97 Å². The molecule has 2 N–H and O–H groups in total. The number of nitrogens with zero attached hydrogens (tertiary/aromatic N) is 3. The largest absolute Gasteiger partial charge is 0.478 e. The Hall–Kier alpha value is -3.19. The summed E-state index contributed by atoms with van der Waals surface area (Å²) in [5.41, 5.74) is 2.02. The molecule has 0 unspecified atom stereocenters. The number of fused-ring (bicyclic) bond motifs is 1. The van der Waals surface area contributed by atoms with Crippen LogP contribution in [-0.2, 0) is 4.74 Å². The average molecular weight is 390 g/mol. The number of pyridine rings is 2. The van der Waals surface area contributed by atoms with Gasteiger partial charge in [0.05, 0.1) is 13.2 Å². The number of benzene rings is 1. The minimum absolute atomic E-state index is 0.203. The summed E-state index contributed by atoms with van der Waals surface area (Å²) in [7, 11) is 0. The first kappa shape index (κ1) is 17.9. The summed E-state index contributed by atoms with van der Waals surface area (Å²) in [6.45, 7) is 2.98. The lowest BCUT2D eigenvalue weighted by Gasteiger charge is -2.29. The van der Waals surface area contributed by atoms with Crippen molar-refractivity contribution in [1.82, 2.24) is 9.97 Å². The number of morpholine rings is 1. The lowest BCUT2D eigenvalue weighted by molar-refractivity contribution is 0.0697. The van der Waals surface area contributed by atoms with Crippen LogP contribution in [0.2, 0.25) is 0 Å². The van der Waals surface area contributed by atoms with Gasteiger partial charge in [0.15, 0.2) is 0 Å². The Morgan fingerprint density at radius 2 is 1.97 bits per heavy atom. The van der Waals surface area contributed by atoms with Crippen LogP contribution in [0.25, 0.3) is 10.8 Å². The highest BCUT2D eigenvalue weighted by Gasteiger charge is 2.26. The number of anilines is 3. The van der Waals surface area contributed by atoms with Crippen LogP contribution in [0.1, 0.15) is 34.7 Å². The molecule has 0 spiro atoms. The van der Waals surface area contributed by atoms with E-state index >= 15 is 0 Å². The summed E-state index contributed by atoms with van der Waals surface area (Å²) >= 11 is 0. The van der Waals surface area contributed by atoms with E-state index in [1.807, 2.05) is 24.3 Å². The maximum absolute atomic E-state index is 11.8. The van der Waals surface area contributed by atoms with Crippen molar-refractivity contribution < 1.29 is 14.6 Å². The number of carboxylic acid groups (broad SMARTS) is 1. The van der Waals surface area contributed by atoms with Crippen molar-refractivity contribution in [1.29, 1.82) is 0 Å².